The molecule has 2 aliphatic heterocycles. The van der Waals surface area contributed by atoms with Crippen molar-refractivity contribution >= 4 is 29.3 Å². The van der Waals surface area contributed by atoms with Crippen LogP contribution in [0.5, 0.6) is 0 Å². The fourth-order valence-corrected chi connectivity index (χ4v) is 3.12. The van der Waals surface area contributed by atoms with Crippen LogP contribution in [-0.2, 0) is 9.47 Å². The highest BCUT2D eigenvalue weighted by atomic mass is 35.5. The zero-order valence-corrected chi connectivity index (χ0v) is 12.9. The van der Waals surface area contributed by atoms with E-state index in [9.17, 15) is 9.59 Å². The van der Waals surface area contributed by atoms with Crippen molar-refractivity contribution in [3.05, 3.63) is 28.8 Å². The monoisotopic (exact) mass is 324 g/mol. The molecule has 2 fully saturated rings. The van der Waals surface area contributed by atoms with Crippen molar-refractivity contribution in [3.8, 4) is 0 Å². The number of amides is 2. The Hall–Kier alpha value is -1.79. The minimum absolute atomic E-state index is 0.134. The summed E-state index contributed by atoms with van der Waals surface area (Å²) in [5, 5.41) is 3.14. The predicted molar refractivity (Wildman–Crippen MR) is 81.3 cm³/mol. The van der Waals surface area contributed by atoms with E-state index in [1.54, 1.807) is 17.0 Å². The summed E-state index contributed by atoms with van der Waals surface area (Å²) in [6.07, 6.45) is 2.26. The number of methoxy groups -OCH3 is 1. The van der Waals surface area contributed by atoms with Crippen molar-refractivity contribution in [2.75, 3.05) is 25.5 Å². The highest BCUT2D eigenvalue weighted by Gasteiger charge is 2.35. The first kappa shape index (κ1) is 15.1. The Bertz CT molecular complexity index is 595. The lowest BCUT2D eigenvalue weighted by Gasteiger charge is -2.32. The average Bonchev–Trinajstić information content (AvgIpc) is 2.84. The third kappa shape index (κ3) is 3.18. The molecule has 6 nitrogen and oxygen atoms in total. The van der Waals surface area contributed by atoms with Gasteiger partial charge in [-0.2, -0.15) is 0 Å². The van der Waals surface area contributed by atoms with Gasteiger partial charge in [-0.3, -0.25) is 0 Å². The third-order valence-electron chi connectivity index (χ3n) is 3.90. The molecule has 22 heavy (non-hydrogen) atoms. The van der Waals surface area contributed by atoms with Gasteiger partial charge in [0.2, 0.25) is 0 Å². The molecule has 1 N–H and O–H groups in total. The molecule has 118 valence electrons. The number of benzene rings is 1. The van der Waals surface area contributed by atoms with Crippen LogP contribution in [0.1, 0.15) is 23.2 Å². The average molecular weight is 325 g/mol. The fourth-order valence-electron chi connectivity index (χ4n) is 2.88. The largest absolute Gasteiger partial charge is 0.465 e. The summed E-state index contributed by atoms with van der Waals surface area (Å²) in [5.41, 5.74) is 0.768. The molecular formula is C15H17ClN2O4. The van der Waals surface area contributed by atoms with Gasteiger partial charge in [0.25, 0.3) is 0 Å². The van der Waals surface area contributed by atoms with Crippen LogP contribution in [0, 0.1) is 0 Å². The van der Waals surface area contributed by atoms with Gasteiger partial charge >= 0.3 is 12.0 Å². The van der Waals surface area contributed by atoms with E-state index in [-0.39, 0.29) is 18.2 Å². The number of urea groups is 1. The number of nitrogens with one attached hydrogen (secondary N) is 1. The van der Waals surface area contributed by atoms with Gasteiger partial charge in [0, 0.05) is 23.8 Å². The van der Waals surface area contributed by atoms with Crippen molar-refractivity contribution in [2.45, 2.75) is 25.0 Å². The number of anilines is 1. The first-order valence-corrected chi connectivity index (χ1v) is 7.53. The van der Waals surface area contributed by atoms with Gasteiger partial charge in [-0.25, -0.2) is 9.59 Å². The van der Waals surface area contributed by atoms with Crippen LogP contribution in [0.25, 0.3) is 0 Å². The summed E-state index contributed by atoms with van der Waals surface area (Å²) in [6.45, 7) is 1.18. The van der Waals surface area contributed by atoms with E-state index >= 15 is 0 Å². The van der Waals surface area contributed by atoms with Crippen LogP contribution < -0.4 is 5.32 Å². The number of likely N-dealkylation sites (tertiary alicyclic amines) is 1. The van der Waals surface area contributed by atoms with Gasteiger partial charge in [-0.05, 0) is 31.0 Å². The molecule has 0 aliphatic carbocycles. The summed E-state index contributed by atoms with van der Waals surface area (Å²) in [5.74, 6) is -0.498. The van der Waals surface area contributed by atoms with Crippen LogP contribution in [0.15, 0.2) is 18.2 Å². The van der Waals surface area contributed by atoms with E-state index in [1.165, 1.54) is 13.2 Å². The number of carbonyl (C=O) groups is 2. The van der Waals surface area contributed by atoms with E-state index < -0.39 is 5.97 Å². The summed E-state index contributed by atoms with van der Waals surface area (Å²) < 4.78 is 10.4. The van der Waals surface area contributed by atoms with Crippen molar-refractivity contribution in [1.29, 1.82) is 0 Å². The summed E-state index contributed by atoms with van der Waals surface area (Å²) in [7, 11) is 1.30. The molecule has 0 aromatic heterocycles. The number of esters is 1. The van der Waals surface area contributed by atoms with Crippen LogP contribution >= 0.6 is 11.6 Å². The second-order valence-corrected chi connectivity index (χ2v) is 5.95. The smallest absolute Gasteiger partial charge is 0.337 e. The summed E-state index contributed by atoms with van der Waals surface area (Å²) in [6, 6.07) is 4.43. The number of morpholine rings is 1. The molecule has 0 spiro atoms. The van der Waals surface area contributed by atoms with Gasteiger partial charge in [-0.1, -0.05) is 11.6 Å². The van der Waals surface area contributed by atoms with Crippen molar-refractivity contribution in [2.24, 2.45) is 0 Å². The molecule has 2 heterocycles. The molecule has 0 radical (unpaired) electrons. The van der Waals surface area contributed by atoms with Crippen molar-refractivity contribution in [3.63, 3.8) is 0 Å². The maximum atomic E-state index is 12.3. The number of hydrogen-bond donors (Lipinski definition) is 1. The first-order valence-electron chi connectivity index (χ1n) is 7.15. The zero-order valence-electron chi connectivity index (χ0n) is 12.2. The second kappa shape index (κ2) is 6.14. The highest BCUT2D eigenvalue weighted by Crippen LogP contribution is 2.27. The van der Waals surface area contributed by atoms with Gasteiger partial charge in [0.1, 0.15) is 0 Å². The summed E-state index contributed by atoms with van der Waals surface area (Å²) >= 11 is 5.98. The van der Waals surface area contributed by atoms with Gasteiger partial charge in [0.15, 0.2) is 0 Å². The Kier molecular flexibility index (Phi) is 4.22. The number of ether oxygens (including phenoxy) is 2. The molecule has 2 atom stereocenters. The zero-order chi connectivity index (χ0) is 15.7. The Balaban J connectivity index is 1.71. The lowest BCUT2D eigenvalue weighted by Crippen LogP contribution is -2.47. The standard InChI is InChI=1S/C15H17ClN2O4/c1-21-14(19)9-4-10(16)6-11(5-9)17-15(20)18-7-12-2-3-13(8-18)22-12/h4-6,12-13H,2-3,7-8H2,1H3,(H,17,20)/t12-,13+. The Morgan fingerprint density at radius 1 is 1.27 bits per heavy atom. The first-order chi connectivity index (χ1) is 10.5. The van der Waals surface area contributed by atoms with Crippen LogP contribution in [0.3, 0.4) is 0 Å². The molecule has 2 bridgehead atoms. The minimum atomic E-state index is -0.498. The second-order valence-electron chi connectivity index (χ2n) is 5.51. The molecule has 2 aliphatic rings. The number of fused-ring (bicyclic) bond motifs is 2. The quantitative estimate of drug-likeness (QED) is 0.849. The molecular weight excluding hydrogens is 308 g/mol. The fraction of sp³-hybridized carbons (Fsp3) is 0.467. The maximum absolute atomic E-state index is 12.3. The minimum Gasteiger partial charge on any atom is -0.465 e. The van der Waals surface area contributed by atoms with Gasteiger partial charge in [0.05, 0.1) is 24.9 Å². The SMILES string of the molecule is COC(=O)c1cc(Cl)cc(NC(=O)N2C[C@H]3CC[C@@H](C2)O3)c1. The number of rotatable bonds is 2. The van der Waals surface area contributed by atoms with Crippen molar-refractivity contribution in [1.82, 2.24) is 4.90 Å². The van der Waals surface area contributed by atoms with E-state index in [0.717, 1.165) is 12.8 Å². The molecule has 3 rings (SSSR count). The molecule has 2 amide bonds. The Morgan fingerprint density at radius 2 is 1.95 bits per heavy atom. The van der Waals surface area contributed by atoms with Gasteiger partial charge < -0.3 is 19.7 Å². The van der Waals surface area contributed by atoms with E-state index in [1.807, 2.05) is 0 Å². The third-order valence-corrected chi connectivity index (χ3v) is 4.12. The van der Waals surface area contributed by atoms with E-state index in [2.05, 4.69) is 10.1 Å². The predicted octanol–water partition coefficient (Wildman–Crippen LogP) is 2.52. The maximum Gasteiger partial charge on any atom is 0.337 e. The van der Waals surface area contributed by atoms with Crippen LogP contribution in [-0.4, -0.2) is 49.3 Å². The number of nitrogens with zero attached hydrogens (tertiary/aromatic N) is 1. The van der Waals surface area contributed by atoms with Gasteiger partial charge in [-0.15, -0.1) is 0 Å². The van der Waals surface area contributed by atoms with E-state index in [4.69, 9.17) is 16.3 Å². The molecule has 7 heteroatoms. The number of halogens is 1. The van der Waals surface area contributed by atoms with Crippen LogP contribution in [0.2, 0.25) is 5.02 Å². The normalized spacial score (nSPS) is 23.3. The summed E-state index contributed by atoms with van der Waals surface area (Å²) in [4.78, 5) is 25.7. The number of carbonyl (C=O) groups excluding carboxylic acids is 2. The molecule has 2 saturated heterocycles. The van der Waals surface area contributed by atoms with E-state index in [0.29, 0.717) is 29.4 Å². The Morgan fingerprint density at radius 3 is 2.59 bits per heavy atom. The molecule has 0 saturated carbocycles. The molecule has 0 unspecified atom stereocenters. The highest BCUT2D eigenvalue weighted by molar-refractivity contribution is 6.31. The Labute approximate surface area is 133 Å². The van der Waals surface area contributed by atoms with Crippen LogP contribution in [0.4, 0.5) is 10.5 Å². The number of hydrogen-bond acceptors (Lipinski definition) is 4. The lowest BCUT2D eigenvalue weighted by molar-refractivity contribution is -0.0219. The van der Waals surface area contributed by atoms with Crippen molar-refractivity contribution < 1.29 is 19.1 Å². The lowest BCUT2D eigenvalue weighted by atomic mass is 10.2. The molecule has 1 aromatic carbocycles. The topological polar surface area (TPSA) is 67.9 Å². The molecule has 1 aromatic rings.